The quantitative estimate of drug-likeness (QED) is 0.441. The maximum absolute atomic E-state index is 6.20. The number of hydrogen-bond acceptors (Lipinski definition) is 2. The van der Waals surface area contributed by atoms with Crippen molar-refractivity contribution in [2.75, 3.05) is 6.54 Å². The third-order valence-electron chi connectivity index (χ3n) is 4.99. The Morgan fingerprint density at radius 2 is 1.96 bits per heavy atom. The van der Waals surface area contributed by atoms with Gasteiger partial charge in [0.25, 0.3) is 0 Å². The molecule has 1 N–H and O–H groups in total. The SMILES string of the molecule is Cc1ccccc1COc1ccc(Cl)cc1CNCCC1=CCCCC1. The maximum Gasteiger partial charge on any atom is 0.124 e. The van der Waals surface area contributed by atoms with Crippen molar-refractivity contribution >= 4 is 11.6 Å². The van der Waals surface area contributed by atoms with Crippen LogP contribution < -0.4 is 10.1 Å². The molecule has 26 heavy (non-hydrogen) atoms. The van der Waals surface area contributed by atoms with Gasteiger partial charge in [-0.05, 0) is 74.9 Å². The minimum Gasteiger partial charge on any atom is -0.489 e. The molecule has 0 fully saturated rings. The molecule has 2 aromatic carbocycles. The first-order valence-corrected chi connectivity index (χ1v) is 9.94. The van der Waals surface area contributed by atoms with Crippen LogP contribution in [0.4, 0.5) is 0 Å². The van der Waals surface area contributed by atoms with E-state index in [1.807, 2.05) is 18.2 Å². The first kappa shape index (κ1) is 19.0. The molecule has 138 valence electrons. The Labute approximate surface area is 162 Å². The standard InChI is InChI=1S/C23H28ClNO/c1-18-7-5-6-10-20(18)17-26-23-12-11-22(24)15-21(23)16-25-14-13-19-8-3-2-4-9-19/h5-8,10-12,15,25H,2-4,9,13-14,16-17H2,1H3. The van der Waals surface area contributed by atoms with Crippen molar-refractivity contribution in [3.05, 3.63) is 75.8 Å². The average molecular weight is 370 g/mol. The molecule has 2 aromatic rings. The lowest BCUT2D eigenvalue weighted by Crippen LogP contribution is -2.16. The number of nitrogens with one attached hydrogen (secondary N) is 1. The van der Waals surface area contributed by atoms with Crippen molar-refractivity contribution in [3.63, 3.8) is 0 Å². The first-order valence-electron chi connectivity index (χ1n) is 9.57. The van der Waals surface area contributed by atoms with E-state index in [-0.39, 0.29) is 0 Å². The monoisotopic (exact) mass is 369 g/mol. The van der Waals surface area contributed by atoms with Gasteiger partial charge in [-0.1, -0.05) is 47.5 Å². The second kappa shape index (κ2) is 9.80. The van der Waals surface area contributed by atoms with Crippen LogP contribution in [-0.2, 0) is 13.2 Å². The van der Waals surface area contributed by atoms with Gasteiger partial charge in [-0.2, -0.15) is 0 Å². The third-order valence-corrected chi connectivity index (χ3v) is 5.23. The molecule has 0 radical (unpaired) electrons. The predicted octanol–water partition coefficient (Wildman–Crippen LogP) is 6.21. The lowest BCUT2D eigenvalue weighted by molar-refractivity contribution is 0.301. The van der Waals surface area contributed by atoms with Crippen LogP contribution in [0.2, 0.25) is 5.02 Å². The summed E-state index contributed by atoms with van der Waals surface area (Å²) in [6.07, 6.45) is 8.77. The molecule has 0 unspecified atom stereocenters. The summed E-state index contributed by atoms with van der Waals surface area (Å²) >= 11 is 6.20. The van der Waals surface area contributed by atoms with Crippen LogP contribution in [0.5, 0.6) is 5.75 Å². The Bertz CT molecular complexity index is 754. The number of halogens is 1. The van der Waals surface area contributed by atoms with Crippen LogP contribution in [0.15, 0.2) is 54.1 Å². The molecule has 0 spiro atoms. The van der Waals surface area contributed by atoms with Gasteiger partial charge in [0.05, 0.1) is 0 Å². The summed E-state index contributed by atoms with van der Waals surface area (Å²) in [7, 11) is 0. The molecule has 3 rings (SSSR count). The fourth-order valence-electron chi connectivity index (χ4n) is 3.36. The van der Waals surface area contributed by atoms with E-state index in [0.29, 0.717) is 6.61 Å². The van der Waals surface area contributed by atoms with E-state index in [1.54, 1.807) is 5.57 Å². The van der Waals surface area contributed by atoms with Gasteiger partial charge >= 0.3 is 0 Å². The van der Waals surface area contributed by atoms with Crippen molar-refractivity contribution in [1.29, 1.82) is 0 Å². The number of allylic oxidation sites excluding steroid dienone is 1. The molecular formula is C23H28ClNO. The largest absolute Gasteiger partial charge is 0.489 e. The Hall–Kier alpha value is -1.77. The second-order valence-electron chi connectivity index (χ2n) is 7.00. The Morgan fingerprint density at radius 1 is 1.08 bits per heavy atom. The van der Waals surface area contributed by atoms with Gasteiger partial charge in [0.1, 0.15) is 12.4 Å². The zero-order valence-electron chi connectivity index (χ0n) is 15.6. The number of rotatable bonds is 8. The van der Waals surface area contributed by atoms with Crippen LogP contribution in [0.1, 0.15) is 48.8 Å². The van der Waals surface area contributed by atoms with Gasteiger partial charge in [-0.15, -0.1) is 0 Å². The maximum atomic E-state index is 6.20. The fourth-order valence-corrected chi connectivity index (χ4v) is 3.55. The van der Waals surface area contributed by atoms with Crippen LogP contribution in [0, 0.1) is 6.92 Å². The van der Waals surface area contributed by atoms with E-state index < -0.39 is 0 Å². The normalized spacial score (nSPS) is 14.2. The lowest BCUT2D eigenvalue weighted by atomic mass is 9.97. The minimum absolute atomic E-state index is 0.578. The van der Waals surface area contributed by atoms with Gasteiger partial charge in [-0.25, -0.2) is 0 Å². The number of benzene rings is 2. The zero-order valence-corrected chi connectivity index (χ0v) is 16.3. The molecule has 0 atom stereocenters. The molecule has 0 bridgehead atoms. The summed E-state index contributed by atoms with van der Waals surface area (Å²) in [6, 6.07) is 14.2. The summed E-state index contributed by atoms with van der Waals surface area (Å²) in [6.45, 7) is 4.46. The highest BCUT2D eigenvalue weighted by Gasteiger charge is 2.07. The molecule has 0 amide bonds. The fraction of sp³-hybridized carbons (Fsp3) is 0.391. The molecule has 0 aromatic heterocycles. The van der Waals surface area contributed by atoms with Crippen LogP contribution in [0.3, 0.4) is 0 Å². The van der Waals surface area contributed by atoms with Crippen molar-refractivity contribution in [2.24, 2.45) is 0 Å². The summed E-state index contributed by atoms with van der Waals surface area (Å²) in [5.74, 6) is 0.905. The highest BCUT2D eigenvalue weighted by Crippen LogP contribution is 2.25. The van der Waals surface area contributed by atoms with Crippen molar-refractivity contribution in [2.45, 2.75) is 52.2 Å². The lowest BCUT2D eigenvalue weighted by Gasteiger charge is -2.15. The molecule has 1 aliphatic carbocycles. The number of aryl methyl sites for hydroxylation is 1. The number of ether oxygens (including phenoxy) is 1. The molecular weight excluding hydrogens is 342 g/mol. The first-order chi connectivity index (χ1) is 12.7. The van der Waals surface area contributed by atoms with E-state index in [9.17, 15) is 0 Å². The van der Waals surface area contributed by atoms with Gasteiger partial charge < -0.3 is 10.1 Å². The number of hydrogen-bond donors (Lipinski definition) is 1. The smallest absolute Gasteiger partial charge is 0.124 e. The van der Waals surface area contributed by atoms with Crippen molar-refractivity contribution in [1.82, 2.24) is 5.32 Å². The second-order valence-corrected chi connectivity index (χ2v) is 7.44. The molecule has 0 saturated carbocycles. The highest BCUT2D eigenvalue weighted by molar-refractivity contribution is 6.30. The van der Waals surface area contributed by atoms with E-state index >= 15 is 0 Å². The van der Waals surface area contributed by atoms with Gasteiger partial charge in [0, 0.05) is 17.1 Å². The predicted molar refractivity (Wildman–Crippen MR) is 110 cm³/mol. The molecule has 0 heterocycles. The summed E-state index contributed by atoms with van der Waals surface area (Å²) in [5.41, 5.74) is 5.18. The van der Waals surface area contributed by atoms with Gasteiger partial charge in [-0.3, -0.25) is 0 Å². The van der Waals surface area contributed by atoms with Crippen LogP contribution in [0.25, 0.3) is 0 Å². The molecule has 1 aliphatic rings. The van der Waals surface area contributed by atoms with E-state index in [4.69, 9.17) is 16.3 Å². The minimum atomic E-state index is 0.578. The van der Waals surface area contributed by atoms with Gasteiger partial charge in [0.2, 0.25) is 0 Å². The third kappa shape index (κ3) is 5.62. The molecule has 0 saturated heterocycles. The van der Waals surface area contributed by atoms with E-state index in [2.05, 4.69) is 42.6 Å². The summed E-state index contributed by atoms with van der Waals surface area (Å²) < 4.78 is 6.10. The van der Waals surface area contributed by atoms with E-state index in [0.717, 1.165) is 35.8 Å². The summed E-state index contributed by atoms with van der Waals surface area (Å²) in [4.78, 5) is 0. The van der Waals surface area contributed by atoms with Crippen LogP contribution in [-0.4, -0.2) is 6.54 Å². The molecule has 2 nitrogen and oxygen atoms in total. The Morgan fingerprint density at radius 3 is 2.77 bits per heavy atom. The van der Waals surface area contributed by atoms with E-state index in [1.165, 1.54) is 36.8 Å². The Kier molecular flexibility index (Phi) is 7.16. The molecule has 0 aliphatic heterocycles. The van der Waals surface area contributed by atoms with Crippen molar-refractivity contribution in [3.8, 4) is 5.75 Å². The Balaban J connectivity index is 1.55. The highest BCUT2D eigenvalue weighted by atomic mass is 35.5. The van der Waals surface area contributed by atoms with Gasteiger partial charge in [0.15, 0.2) is 0 Å². The average Bonchev–Trinajstić information content (AvgIpc) is 2.66. The van der Waals surface area contributed by atoms with Crippen molar-refractivity contribution < 1.29 is 4.74 Å². The van der Waals surface area contributed by atoms with Crippen LogP contribution >= 0.6 is 11.6 Å². The summed E-state index contributed by atoms with van der Waals surface area (Å²) in [5, 5.41) is 4.30. The zero-order chi connectivity index (χ0) is 18.2. The topological polar surface area (TPSA) is 21.3 Å². The molecule has 3 heteroatoms.